The molecule has 0 rings (SSSR count). The Labute approximate surface area is 269 Å². The van der Waals surface area contributed by atoms with Gasteiger partial charge in [-0.1, -0.05) is 31.6 Å². The normalized spacial score (nSPS) is 11.4. The van der Waals surface area contributed by atoms with E-state index in [-0.39, 0.29) is 57.4 Å². The van der Waals surface area contributed by atoms with Crippen LogP contribution in [0.5, 0.6) is 0 Å². The summed E-state index contributed by atoms with van der Waals surface area (Å²) in [5.41, 5.74) is 11.0. The molecule has 45 heavy (non-hydrogen) atoms. The molecule has 4 amide bonds. The van der Waals surface area contributed by atoms with Gasteiger partial charge in [0.1, 0.15) is 12.6 Å². The first kappa shape index (κ1) is 42.2. The van der Waals surface area contributed by atoms with Gasteiger partial charge in [-0.2, -0.15) is 0 Å². The Kier molecular flexibility index (Phi) is 30.6. The van der Waals surface area contributed by atoms with Gasteiger partial charge in [0.2, 0.25) is 23.6 Å². The summed E-state index contributed by atoms with van der Waals surface area (Å²) in [6, 6.07) is -0.975. The number of nitrogens with one attached hydrogen (secondary N) is 4. The first-order chi connectivity index (χ1) is 21.9. The van der Waals surface area contributed by atoms with E-state index in [4.69, 9.17) is 36.8 Å². The van der Waals surface area contributed by atoms with Gasteiger partial charge in [0.25, 0.3) is 0 Å². The third kappa shape index (κ3) is 29.7. The molecule has 0 aliphatic carbocycles. The van der Waals surface area contributed by atoms with Crippen molar-refractivity contribution in [2.45, 2.75) is 76.7 Å². The molecule has 0 radical (unpaired) electrons. The molecule has 8 N–H and O–H groups in total. The van der Waals surface area contributed by atoms with Crippen molar-refractivity contribution in [3.8, 4) is 12.3 Å². The fourth-order valence-electron chi connectivity index (χ4n) is 3.91. The lowest BCUT2D eigenvalue weighted by Gasteiger charge is -2.18. The van der Waals surface area contributed by atoms with E-state index in [2.05, 4.69) is 27.2 Å². The lowest BCUT2D eigenvalue weighted by Crippen LogP contribution is -2.49. The van der Waals surface area contributed by atoms with E-state index in [1.807, 2.05) is 0 Å². The highest BCUT2D eigenvalue weighted by molar-refractivity contribution is 5.91. The maximum absolute atomic E-state index is 12.9. The first-order valence-corrected chi connectivity index (χ1v) is 16.2. The van der Waals surface area contributed by atoms with Gasteiger partial charge in [-0.3, -0.25) is 19.2 Å². The number of unbranched alkanes of at least 4 members (excludes halogenated alkanes) is 6. The molecular formula is C31H58N6O8. The van der Waals surface area contributed by atoms with E-state index in [1.54, 1.807) is 0 Å². The number of carbonyl (C=O) groups excluding carboxylic acids is 4. The van der Waals surface area contributed by atoms with Crippen LogP contribution in [-0.4, -0.2) is 115 Å². The fraction of sp³-hybridized carbons (Fsp3) is 0.806. The summed E-state index contributed by atoms with van der Waals surface area (Å²) in [5.74, 6) is 0.905. The van der Waals surface area contributed by atoms with Crippen molar-refractivity contribution >= 4 is 23.6 Å². The second-order valence-corrected chi connectivity index (χ2v) is 10.3. The van der Waals surface area contributed by atoms with Crippen LogP contribution in [0.4, 0.5) is 0 Å². The molecule has 1 atom stereocenters. The Bertz CT molecular complexity index is 811. The van der Waals surface area contributed by atoms with Gasteiger partial charge < -0.3 is 51.7 Å². The van der Waals surface area contributed by atoms with Gasteiger partial charge in [0, 0.05) is 25.9 Å². The molecule has 0 aliphatic rings. The molecule has 0 aromatic carbocycles. The number of amides is 4. The average Bonchev–Trinajstić information content (AvgIpc) is 3.03. The van der Waals surface area contributed by atoms with Crippen LogP contribution in [0.3, 0.4) is 0 Å². The van der Waals surface area contributed by atoms with Gasteiger partial charge in [0.05, 0.1) is 52.8 Å². The minimum absolute atomic E-state index is 0.0180. The van der Waals surface area contributed by atoms with Crippen molar-refractivity contribution in [2.75, 3.05) is 85.6 Å². The molecule has 0 unspecified atom stereocenters. The SMILES string of the molecule is C#CCOCCOCCOCCOCCC(=O)N[C@H](CCC(=O)NCCCCCCN)C(=O)NCC(=O)NCCCCCCN. The van der Waals surface area contributed by atoms with Crippen LogP contribution in [0.1, 0.15) is 70.6 Å². The van der Waals surface area contributed by atoms with Crippen LogP contribution < -0.4 is 32.7 Å². The number of hydrogen-bond acceptors (Lipinski definition) is 10. The van der Waals surface area contributed by atoms with Crippen molar-refractivity contribution in [1.82, 2.24) is 21.3 Å². The highest BCUT2D eigenvalue weighted by Gasteiger charge is 2.22. The lowest BCUT2D eigenvalue weighted by molar-refractivity contribution is -0.131. The quantitative estimate of drug-likeness (QED) is 0.0418. The summed E-state index contributed by atoms with van der Waals surface area (Å²) in [7, 11) is 0. The number of hydrogen-bond donors (Lipinski definition) is 6. The first-order valence-electron chi connectivity index (χ1n) is 16.2. The predicted octanol–water partition coefficient (Wildman–Crippen LogP) is -0.272. The minimum atomic E-state index is -0.975. The fourth-order valence-corrected chi connectivity index (χ4v) is 3.91. The van der Waals surface area contributed by atoms with Crippen molar-refractivity contribution in [3.63, 3.8) is 0 Å². The zero-order chi connectivity index (χ0) is 33.2. The Morgan fingerprint density at radius 3 is 1.67 bits per heavy atom. The van der Waals surface area contributed by atoms with Gasteiger partial charge >= 0.3 is 0 Å². The molecular weight excluding hydrogens is 584 g/mol. The summed E-state index contributed by atoms with van der Waals surface area (Å²) in [4.78, 5) is 49.9. The number of ether oxygens (including phenoxy) is 4. The van der Waals surface area contributed by atoms with Gasteiger partial charge in [-0.25, -0.2) is 0 Å². The third-order valence-electron chi connectivity index (χ3n) is 6.42. The molecule has 14 nitrogen and oxygen atoms in total. The molecule has 0 saturated heterocycles. The summed E-state index contributed by atoms with van der Waals surface area (Å²) >= 11 is 0. The topological polar surface area (TPSA) is 205 Å². The summed E-state index contributed by atoms with van der Waals surface area (Å²) < 4.78 is 21.3. The molecule has 0 fully saturated rings. The monoisotopic (exact) mass is 642 g/mol. The summed E-state index contributed by atoms with van der Waals surface area (Å²) in [6.45, 7) is 4.79. The van der Waals surface area contributed by atoms with Gasteiger partial charge in [0.15, 0.2) is 0 Å². The largest absolute Gasteiger partial charge is 0.379 e. The highest BCUT2D eigenvalue weighted by atomic mass is 16.6. The highest BCUT2D eigenvalue weighted by Crippen LogP contribution is 2.02. The Morgan fingerprint density at radius 2 is 1.11 bits per heavy atom. The maximum atomic E-state index is 12.9. The van der Waals surface area contributed by atoms with E-state index < -0.39 is 17.9 Å². The van der Waals surface area contributed by atoms with Crippen LogP contribution in [0.25, 0.3) is 0 Å². The second kappa shape index (κ2) is 32.6. The number of nitrogens with two attached hydrogens (primary N) is 2. The average molecular weight is 643 g/mol. The summed E-state index contributed by atoms with van der Waals surface area (Å²) in [5, 5.41) is 10.8. The van der Waals surface area contributed by atoms with Crippen LogP contribution in [0, 0.1) is 12.3 Å². The molecule has 0 aromatic rings. The number of carbonyl (C=O) groups is 4. The van der Waals surface area contributed by atoms with E-state index in [1.165, 1.54) is 0 Å². The molecule has 0 bridgehead atoms. The van der Waals surface area contributed by atoms with E-state index in [0.29, 0.717) is 59.2 Å². The molecule has 260 valence electrons. The number of terminal acetylenes is 1. The third-order valence-corrected chi connectivity index (χ3v) is 6.42. The van der Waals surface area contributed by atoms with Crippen molar-refractivity contribution in [1.29, 1.82) is 0 Å². The smallest absolute Gasteiger partial charge is 0.243 e. The Balaban J connectivity index is 4.43. The van der Waals surface area contributed by atoms with Crippen LogP contribution in [-0.2, 0) is 38.1 Å². The second-order valence-electron chi connectivity index (χ2n) is 10.3. The minimum Gasteiger partial charge on any atom is -0.379 e. The summed E-state index contributed by atoms with van der Waals surface area (Å²) in [6.07, 6.45) is 12.8. The van der Waals surface area contributed by atoms with Crippen LogP contribution >= 0.6 is 0 Å². The Morgan fingerprint density at radius 1 is 0.600 bits per heavy atom. The van der Waals surface area contributed by atoms with Gasteiger partial charge in [-0.15, -0.1) is 6.42 Å². The van der Waals surface area contributed by atoms with E-state index in [9.17, 15) is 19.2 Å². The molecule has 0 heterocycles. The molecule has 0 aliphatic heterocycles. The van der Waals surface area contributed by atoms with Crippen LogP contribution in [0.2, 0.25) is 0 Å². The zero-order valence-electron chi connectivity index (χ0n) is 27.0. The van der Waals surface area contributed by atoms with Crippen molar-refractivity contribution < 1.29 is 38.1 Å². The lowest BCUT2D eigenvalue weighted by atomic mass is 10.1. The maximum Gasteiger partial charge on any atom is 0.243 e. The Hall–Kier alpha value is -2.80. The standard InChI is InChI=1S/C31H58N6O8/c1-2-18-42-20-22-44-24-25-45-23-21-43-19-13-29(39)37-27(11-12-28(38)34-16-9-5-3-7-14-32)31(41)36-26-30(40)35-17-10-6-4-8-15-33/h1,27H,3-26,32-33H2,(H,34,38)(H,35,40)(H,36,41)(H,37,39)/t27-/m1/s1. The van der Waals surface area contributed by atoms with Crippen LogP contribution in [0.15, 0.2) is 0 Å². The van der Waals surface area contributed by atoms with Gasteiger partial charge in [-0.05, 0) is 45.2 Å². The van der Waals surface area contributed by atoms with Crippen molar-refractivity contribution in [3.05, 3.63) is 0 Å². The molecule has 14 heteroatoms. The number of rotatable bonds is 32. The zero-order valence-corrected chi connectivity index (χ0v) is 27.0. The molecule has 0 spiro atoms. The predicted molar refractivity (Wildman–Crippen MR) is 172 cm³/mol. The van der Waals surface area contributed by atoms with E-state index >= 15 is 0 Å². The van der Waals surface area contributed by atoms with Crippen molar-refractivity contribution in [2.24, 2.45) is 11.5 Å². The van der Waals surface area contributed by atoms with E-state index in [0.717, 1.165) is 51.4 Å². The molecule has 0 aromatic heterocycles. The molecule has 0 saturated carbocycles.